The number of nitrogens with one attached hydrogen (secondary N) is 1. The first-order chi connectivity index (χ1) is 9.08. The molecule has 0 radical (unpaired) electrons. The molecule has 2 aromatic rings. The second-order valence-corrected chi connectivity index (χ2v) is 4.61. The highest BCUT2D eigenvalue weighted by molar-refractivity contribution is 5.20. The summed E-state index contributed by atoms with van der Waals surface area (Å²) in [6, 6.07) is 5.70. The van der Waals surface area contributed by atoms with Crippen LogP contribution in [0.5, 0.6) is 0 Å². The van der Waals surface area contributed by atoms with E-state index in [0.717, 1.165) is 11.8 Å². The molecular formula is C14H17F2N3. The van der Waals surface area contributed by atoms with Gasteiger partial charge in [0, 0.05) is 31.8 Å². The number of likely N-dealkylation sites (N-methyl/N-ethyl adjacent to an activating group) is 1. The number of aryl methyl sites for hydroxylation is 1. The number of benzene rings is 1. The van der Waals surface area contributed by atoms with Crippen LogP contribution in [-0.4, -0.2) is 22.9 Å². The van der Waals surface area contributed by atoms with Gasteiger partial charge in [-0.15, -0.1) is 0 Å². The van der Waals surface area contributed by atoms with Crippen LogP contribution >= 0.6 is 0 Å². The van der Waals surface area contributed by atoms with E-state index in [1.807, 2.05) is 26.4 Å². The normalized spacial score (nSPS) is 12.6. The third-order valence-electron chi connectivity index (χ3n) is 3.11. The second kappa shape index (κ2) is 5.93. The van der Waals surface area contributed by atoms with E-state index in [-0.39, 0.29) is 6.04 Å². The standard InChI is InChI=1S/C14H17F2N3/c1-17-13(9-12-5-6-19(2)18-12)7-10-3-4-11(15)8-14(10)16/h3-6,8,13,17H,7,9H2,1-2H3. The summed E-state index contributed by atoms with van der Waals surface area (Å²) in [5.74, 6) is -1.05. The van der Waals surface area contributed by atoms with Gasteiger partial charge in [0.05, 0.1) is 5.69 Å². The molecule has 5 heteroatoms. The molecule has 1 heterocycles. The first-order valence-electron chi connectivity index (χ1n) is 6.18. The first-order valence-corrected chi connectivity index (χ1v) is 6.18. The van der Waals surface area contributed by atoms with E-state index in [4.69, 9.17) is 0 Å². The second-order valence-electron chi connectivity index (χ2n) is 4.61. The molecule has 0 spiro atoms. The Labute approximate surface area is 111 Å². The van der Waals surface area contributed by atoms with Crippen molar-refractivity contribution in [3.05, 3.63) is 53.4 Å². The molecule has 0 aliphatic rings. The Morgan fingerprint density at radius 2 is 2.05 bits per heavy atom. The zero-order chi connectivity index (χ0) is 13.8. The average molecular weight is 265 g/mol. The van der Waals surface area contributed by atoms with Crippen molar-refractivity contribution in [3.63, 3.8) is 0 Å². The minimum absolute atomic E-state index is 0.0647. The van der Waals surface area contributed by atoms with Crippen LogP contribution in [0.4, 0.5) is 8.78 Å². The molecule has 0 amide bonds. The van der Waals surface area contributed by atoms with Gasteiger partial charge in [-0.2, -0.15) is 5.10 Å². The van der Waals surface area contributed by atoms with Crippen molar-refractivity contribution in [1.29, 1.82) is 0 Å². The van der Waals surface area contributed by atoms with Gasteiger partial charge in [0.1, 0.15) is 11.6 Å². The van der Waals surface area contributed by atoms with Crippen LogP contribution in [0.1, 0.15) is 11.3 Å². The van der Waals surface area contributed by atoms with Crippen LogP contribution in [0.3, 0.4) is 0 Å². The van der Waals surface area contributed by atoms with E-state index < -0.39 is 11.6 Å². The molecule has 1 aromatic heterocycles. The van der Waals surface area contributed by atoms with Crippen molar-refractivity contribution >= 4 is 0 Å². The summed E-state index contributed by atoms with van der Waals surface area (Å²) >= 11 is 0. The maximum Gasteiger partial charge on any atom is 0.129 e. The number of halogens is 2. The fraction of sp³-hybridized carbons (Fsp3) is 0.357. The highest BCUT2D eigenvalue weighted by Crippen LogP contribution is 2.13. The molecule has 0 aliphatic carbocycles. The van der Waals surface area contributed by atoms with E-state index in [1.165, 1.54) is 12.1 Å². The summed E-state index contributed by atoms with van der Waals surface area (Å²) < 4.78 is 28.2. The van der Waals surface area contributed by atoms with Crippen molar-refractivity contribution in [3.8, 4) is 0 Å². The fourth-order valence-electron chi connectivity index (χ4n) is 2.05. The van der Waals surface area contributed by atoms with Gasteiger partial charge in [-0.3, -0.25) is 4.68 Å². The van der Waals surface area contributed by atoms with Crippen LogP contribution in [0, 0.1) is 11.6 Å². The molecule has 1 unspecified atom stereocenters. The Kier molecular flexibility index (Phi) is 4.27. The first kappa shape index (κ1) is 13.7. The topological polar surface area (TPSA) is 29.9 Å². The summed E-state index contributed by atoms with van der Waals surface area (Å²) in [6.45, 7) is 0. The summed E-state index contributed by atoms with van der Waals surface area (Å²) in [7, 11) is 3.69. The Balaban J connectivity index is 2.06. The smallest absolute Gasteiger partial charge is 0.129 e. The van der Waals surface area contributed by atoms with Gasteiger partial charge in [-0.1, -0.05) is 6.07 Å². The fourth-order valence-corrected chi connectivity index (χ4v) is 2.05. The molecule has 0 saturated carbocycles. The molecular weight excluding hydrogens is 248 g/mol. The van der Waals surface area contributed by atoms with E-state index in [1.54, 1.807) is 4.68 Å². The van der Waals surface area contributed by atoms with Crippen molar-refractivity contribution in [1.82, 2.24) is 15.1 Å². The number of hydrogen-bond donors (Lipinski definition) is 1. The van der Waals surface area contributed by atoms with E-state index in [9.17, 15) is 8.78 Å². The quantitative estimate of drug-likeness (QED) is 0.897. The van der Waals surface area contributed by atoms with Crippen LogP contribution < -0.4 is 5.32 Å². The Bertz CT molecular complexity index is 551. The zero-order valence-corrected chi connectivity index (χ0v) is 11.0. The Morgan fingerprint density at radius 1 is 1.26 bits per heavy atom. The molecule has 0 fully saturated rings. The Morgan fingerprint density at radius 3 is 2.63 bits per heavy atom. The lowest BCUT2D eigenvalue weighted by Gasteiger charge is -2.15. The predicted molar refractivity (Wildman–Crippen MR) is 69.8 cm³/mol. The van der Waals surface area contributed by atoms with Crippen molar-refractivity contribution in [2.75, 3.05) is 7.05 Å². The predicted octanol–water partition coefficient (Wildman–Crippen LogP) is 2.07. The van der Waals surface area contributed by atoms with Crippen LogP contribution in [0.25, 0.3) is 0 Å². The zero-order valence-electron chi connectivity index (χ0n) is 11.0. The summed E-state index contributed by atoms with van der Waals surface area (Å²) in [6.07, 6.45) is 3.08. The SMILES string of the molecule is CNC(Cc1ccn(C)n1)Cc1ccc(F)cc1F. The van der Waals surface area contributed by atoms with E-state index in [0.29, 0.717) is 18.4 Å². The van der Waals surface area contributed by atoms with Crippen LogP contribution in [0.15, 0.2) is 30.5 Å². The maximum atomic E-state index is 13.6. The molecule has 1 aromatic carbocycles. The highest BCUT2D eigenvalue weighted by Gasteiger charge is 2.13. The van der Waals surface area contributed by atoms with Gasteiger partial charge in [0.2, 0.25) is 0 Å². The molecule has 19 heavy (non-hydrogen) atoms. The van der Waals surface area contributed by atoms with Gasteiger partial charge >= 0.3 is 0 Å². The molecule has 1 N–H and O–H groups in total. The van der Waals surface area contributed by atoms with Gasteiger partial charge in [-0.05, 0) is 31.2 Å². The molecule has 0 bridgehead atoms. The lowest BCUT2D eigenvalue weighted by Crippen LogP contribution is -2.30. The lowest BCUT2D eigenvalue weighted by molar-refractivity contribution is 0.518. The minimum Gasteiger partial charge on any atom is -0.316 e. The maximum absolute atomic E-state index is 13.6. The van der Waals surface area contributed by atoms with Crippen molar-refractivity contribution < 1.29 is 8.78 Å². The van der Waals surface area contributed by atoms with Gasteiger partial charge in [0.25, 0.3) is 0 Å². The molecule has 102 valence electrons. The van der Waals surface area contributed by atoms with Crippen molar-refractivity contribution in [2.45, 2.75) is 18.9 Å². The third kappa shape index (κ3) is 3.61. The molecule has 3 nitrogen and oxygen atoms in total. The van der Waals surface area contributed by atoms with Gasteiger partial charge in [0.15, 0.2) is 0 Å². The van der Waals surface area contributed by atoms with Gasteiger partial charge in [-0.25, -0.2) is 8.78 Å². The average Bonchev–Trinajstić information content (AvgIpc) is 2.77. The Hall–Kier alpha value is -1.75. The largest absolute Gasteiger partial charge is 0.316 e. The summed E-state index contributed by atoms with van der Waals surface area (Å²) in [5, 5.41) is 7.44. The highest BCUT2D eigenvalue weighted by atomic mass is 19.1. The third-order valence-corrected chi connectivity index (χ3v) is 3.11. The molecule has 2 rings (SSSR count). The summed E-state index contributed by atoms with van der Waals surface area (Å²) in [4.78, 5) is 0. The number of nitrogens with zero attached hydrogens (tertiary/aromatic N) is 2. The molecule has 0 aliphatic heterocycles. The number of hydrogen-bond acceptors (Lipinski definition) is 2. The van der Waals surface area contributed by atoms with Crippen molar-refractivity contribution in [2.24, 2.45) is 7.05 Å². The van der Waals surface area contributed by atoms with Gasteiger partial charge < -0.3 is 5.32 Å². The van der Waals surface area contributed by atoms with E-state index >= 15 is 0 Å². The van der Waals surface area contributed by atoms with Crippen LogP contribution in [-0.2, 0) is 19.9 Å². The lowest BCUT2D eigenvalue weighted by atomic mass is 10.0. The number of rotatable bonds is 5. The monoisotopic (exact) mass is 265 g/mol. The van der Waals surface area contributed by atoms with E-state index in [2.05, 4.69) is 10.4 Å². The summed E-state index contributed by atoms with van der Waals surface area (Å²) in [5.41, 5.74) is 1.46. The molecule has 1 atom stereocenters. The minimum atomic E-state index is -0.549. The molecule has 0 saturated heterocycles. The number of aromatic nitrogens is 2. The van der Waals surface area contributed by atoms with Crippen LogP contribution in [0.2, 0.25) is 0 Å².